The highest BCUT2D eigenvalue weighted by atomic mass is 13.7. The lowest BCUT2D eigenvalue weighted by Crippen LogP contribution is -1.61. The summed E-state index contributed by atoms with van der Waals surface area (Å²) in [6.07, 6.45) is 3.65. The standard InChI is InChI=1S/C10H12/c1-9(2)7-5-6-8-10(3)4/h5,7H,1,3H2,2,4H3/b7-5-. The van der Waals surface area contributed by atoms with E-state index in [2.05, 4.69) is 25.0 Å². The van der Waals surface area contributed by atoms with Crippen LogP contribution in [0.5, 0.6) is 0 Å². The molecule has 0 N–H and O–H groups in total. The Morgan fingerprint density at radius 1 is 1.30 bits per heavy atom. The molecule has 0 aliphatic rings. The molecule has 0 bridgehead atoms. The molecule has 0 aromatic heterocycles. The molecule has 0 saturated heterocycles. The molecule has 0 amide bonds. The van der Waals surface area contributed by atoms with Gasteiger partial charge in [-0.3, -0.25) is 0 Å². The predicted molar refractivity (Wildman–Crippen MR) is 46.5 cm³/mol. The maximum absolute atomic E-state index is 3.69. The van der Waals surface area contributed by atoms with Gasteiger partial charge in [-0.15, -0.1) is 0 Å². The van der Waals surface area contributed by atoms with E-state index >= 15 is 0 Å². The topological polar surface area (TPSA) is 0 Å². The van der Waals surface area contributed by atoms with E-state index in [-0.39, 0.29) is 0 Å². The summed E-state index contributed by atoms with van der Waals surface area (Å²) in [4.78, 5) is 0. The average Bonchev–Trinajstić information content (AvgIpc) is 1.79. The molecule has 0 saturated carbocycles. The van der Waals surface area contributed by atoms with Gasteiger partial charge in [-0.2, -0.15) is 0 Å². The Morgan fingerprint density at radius 3 is 2.30 bits per heavy atom. The SMILES string of the molecule is C=C(C)C#C/C=C\C(=C)C. The third-order valence-corrected chi connectivity index (χ3v) is 0.737. The lowest BCUT2D eigenvalue weighted by Gasteiger charge is -1.78. The summed E-state index contributed by atoms with van der Waals surface area (Å²) in [5, 5.41) is 0. The molecule has 0 spiro atoms. The van der Waals surface area contributed by atoms with Crippen LogP contribution in [0.2, 0.25) is 0 Å². The maximum Gasteiger partial charge on any atom is -0.00790 e. The first kappa shape index (κ1) is 8.78. The quantitative estimate of drug-likeness (QED) is 0.380. The van der Waals surface area contributed by atoms with Crippen LogP contribution in [0.15, 0.2) is 36.5 Å². The molecule has 0 aliphatic carbocycles. The van der Waals surface area contributed by atoms with Gasteiger partial charge < -0.3 is 0 Å². The van der Waals surface area contributed by atoms with Crippen molar-refractivity contribution in [2.75, 3.05) is 0 Å². The third kappa shape index (κ3) is 6.78. The van der Waals surface area contributed by atoms with Crippen LogP contribution in [0.25, 0.3) is 0 Å². The van der Waals surface area contributed by atoms with Gasteiger partial charge in [-0.1, -0.05) is 36.6 Å². The average molecular weight is 132 g/mol. The van der Waals surface area contributed by atoms with Crippen molar-refractivity contribution in [3.05, 3.63) is 36.5 Å². The minimum atomic E-state index is 0.881. The number of rotatable bonds is 1. The molecular formula is C10H12. The molecule has 0 heteroatoms. The first-order valence-electron chi connectivity index (χ1n) is 3.12. The zero-order chi connectivity index (χ0) is 7.98. The zero-order valence-corrected chi connectivity index (χ0v) is 6.57. The largest absolute Gasteiger partial charge is 0.0961 e. The van der Waals surface area contributed by atoms with E-state index < -0.39 is 0 Å². The van der Waals surface area contributed by atoms with E-state index in [9.17, 15) is 0 Å². The lowest BCUT2D eigenvalue weighted by molar-refractivity contribution is 1.57. The van der Waals surface area contributed by atoms with Crippen molar-refractivity contribution in [3.63, 3.8) is 0 Å². The summed E-state index contributed by atoms with van der Waals surface area (Å²) in [7, 11) is 0. The fourth-order valence-electron chi connectivity index (χ4n) is 0.349. The van der Waals surface area contributed by atoms with Crippen LogP contribution in [0.1, 0.15) is 13.8 Å². The highest BCUT2D eigenvalue weighted by Crippen LogP contribution is 1.87. The normalized spacial score (nSPS) is 8.60. The van der Waals surface area contributed by atoms with E-state index in [1.165, 1.54) is 0 Å². The van der Waals surface area contributed by atoms with Gasteiger partial charge in [-0.05, 0) is 25.5 Å². The van der Waals surface area contributed by atoms with Crippen molar-refractivity contribution in [2.45, 2.75) is 13.8 Å². The van der Waals surface area contributed by atoms with E-state index in [1.807, 2.05) is 19.9 Å². The first-order chi connectivity index (χ1) is 4.63. The fraction of sp³-hybridized carbons (Fsp3) is 0.200. The van der Waals surface area contributed by atoms with Gasteiger partial charge in [-0.25, -0.2) is 0 Å². The zero-order valence-electron chi connectivity index (χ0n) is 6.57. The molecule has 0 aliphatic heterocycles. The fourth-order valence-corrected chi connectivity index (χ4v) is 0.349. The van der Waals surface area contributed by atoms with Crippen molar-refractivity contribution in [1.82, 2.24) is 0 Å². The molecule has 0 atom stereocenters. The summed E-state index contributed by atoms with van der Waals surface area (Å²) < 4.78 is 0. The highest BCUT2D eigenvalue weighted by molar-refractivity contribution is 5.31. The van der Waals surface area contributed by atoms with Crippen LogP contribution in [-0.4, -0.2) is 0 Å². The summed E-state index contributed by atoms with van der Waals surface area (Å²) in [6, 6.07) is 0. The van der Waals surface area contributed by atoms with Crippen molar-refractivity contribution in [2.24, 2.45) is 0 Å². The second-order valence-electron chi connectivity index (χ2n) is 2.23. The second-order valence-corrected chi connectivity index (χ2v) is 2.23. The molecular weight excluding hydrogens is 120 g/mol. The Morgan fingerprint density at radius 2 is 1.90 bits per heavy atom. The molecule has 0 radical (unpaired) electrons. The Balaban J connectivity index is 3.87. The summed E-state index contributed by atoms with van der Waals surface area (Å²) in [5.74, 6) is 5.65. The molecule has 0 heterocycles. The van der Waals surface area contributed by atoms with Gasteiger partial charge in [0.25, 0.3) is 0 Å². The number of allylic oxidation sites excluding steroid dienone is 4. The van der Waals surface area contributed by atoms with Gasteiger partial charge in [0.2, 0.25) is 0 Å². The lowest BCUT2D eigenvalue weighted by atomic mass is 10.3. The second kappa shape index (κ2) is 4.64. The minimum Gasteiger partial charge on any atom is -0.0961 e. The van der Waals surface area contributed by atoms with Crippen LogP contribution >= 0.6 is 0 Å². The van der Waals surface area contributed by atoms with E-state index in [1.54, 1.807) is 6.08 Å². The molecule has 0 fully saturated rings. The van der Waals surface area contributed by atoms with Gasteiger partial charge in [0.15, 0.2) is 0 Å². The number of hydrogen-bond donors (Lipinski definition) is 0. The Labute approximate surface area is 63.0 Å². The highest BCUT2D eigenvalue weighted by Gasteiger charge is 1.69. The molecule has 0 aromatic rings. The van der Waals surface area contributed by atoms with Crippen LogP contribution in [0, 0.1) is 11.8 Å². The van der Waals surface area contributed by atoms with Crippen molar-refractivity contribution >= 4 is 0 Å². The molecule has 0 nitrogen and oxygen atoms in total. The van der Waals surface area contributed by atoms with Crippen molar-refractivity contribution in [3.8, 4) is 11.8 Å². The molecule has 10 heavy (non-hydrogen) atoms. The predicted octanol–water partition coefficient (Wildman–Crippen LogP) is 2.70. The van der Waals surface area contributed by atoms with Gasteiger partial charge in [0, 0.05) is 0 Å². The van der Waals surface area contributed by atoms with Gasteiger partial charge in [0.05, 0.1) is 0 Å². The Kier molecular flexibility index (Phi) is 4.07. The van der Waals surface area contributed by atoms with E-state index in [0.717, 1.165) is 11.1 Å². The third-order valence-electron chi connectivity index (χ3n) is 0.737. The summed E-state index contributed by atoms with van der Waals surface area (Å²) in [6.45, 7) is 11.1. The molecule has 0 unspecified atom stereocenters. The maximum atomic E-state index is 3.69. The molecule has 52 valence electrons. The van der Waals surface area contributed by atoms with Crippen LogP contribution in [0.3, 0.4) is 0 Å². The van der Waals surface area contributed by atoms with Crippen molar-refractivity contribution in [1.29, 1.82) is 0 Å². The van der Waals surface area contributed by atoms with E-state index in [0.29, 0.717) is 0 Å². The Bertz CT molecular complexity index is 218. The number of hydrogen-bond acceptors (Lipinski definition) is 0. The Hall–Kier alpha value is -1.22. The van der Waals surface area contributed by atoms with Crippen molar-refractivity contribution < 1.29 is 0 Å². The van der Waals surface area contributed by atoms with Gasteiger partial charge in [0.1, 0.15) is 0 Å². The molecule has 0 rings (SSSR count). The van der Waals surface area contributed by atoms with E-state index in [4.69, 9.17) is 0 Å². The van der Waals surface area contributed by atoms with Crippen LogP contribution in [0.4, 0.5) is 0 Å². The summed E-state index contributed by atoms with van der Waals surface area (Å²) in [5.41, 5.74) is 1.89. The smallest absolute Gasteiger partial charge is 0.00790 e. The summed E-state index contributed by atoms with van der Waals surface area (Å²) >= 11 is 0. The van der Waals surface area contributed by atoms with Crippen LogP contribution < -0.4 is 0 Å². The first-order valence-corrected chi connectivity index (χ1v) is 3.12. The van der Waals surface area contributed by atoms with Gasteiger partial charge >= 0.3 is 0 Å². The molecule has 0 aromatic carbocycles. The monoisotopic (exact) mass is 132 g/mol. The van der Waals surface area contributed by atoms with Crippen LogP contribution in [-0.2, 0) is 0 Å². The minimum absolute atomic E-state index is 0.881.